The van der Waals surface area contributed by atoms with Crippen LogP contribution in [-0.4, -0.2) is 63.0 Å². The second kappa shape index (κ2) is 8.27. The third kappa shape index (κ3) is 7.03. The van der Waals surface area contributed by atoms with Gasteiger partial charge in [-0.15, -0.1) is 0 Å². The van der Waals surface area contributed by atoms with Crippen molar-refractivity contribution in [3.63, 3.8) is 0 Å². The van der Waals surface area contributed by atoms with Gasteiger partial charge in [-0.1, -0.05) is 25.5 Å². The fourth-order valence-corrected chi connectivity index (χ4v) is 2.30. The fraction of sp³-hybridized carbons (Fsp3) is 0.636. The van der Waals surface area contributed by atoms with Gasteiger partial charge in [-0.2, -0.15) is 13.1 Å². The minimum absolute atomic E-state index is 0.136. The number of hydrogen-bond acceptors (Lipinski definition) is 7. The number of rotatable bonds is 6. The molecule has 1 aliphatic heterocycles. The molecule has 0 spiro atoms. The molecule has 0 amide bonds. The van der Waals surface area contributed by atoms with E-state index < -0.39 is 35.3 Å². The summed E-state index contributed by atoms with van der Waals surface area (Å²) in [6.07, 6.45) is 4.45. The molecular weight excluding hydrogens is 315 g/mol. The van der Waals surface area contributed by atoms with Crippen LogP contribution in [0.25, 0.3) is 0 Å². The second-order valence-electron chi connectivity index (χ2n) is 4.86. The van der Waals surface area contributed by atoms with Gasteiger partial charge in [0.25, 0.3) is 0 Å². The van der Waals surface area contributed by atoms with E-state index in [1.54, 1.807) is 6.08 Å². The van der Waals surface area contributed by atoms with Crippen LogP contribution in [0, 0.1) is 0 Å². The van der Waals surface area contributed by atoms with Crippen LogP contribution in [0.3, 0.4) is 0 Å². The van der Waals surface area contributed by atoms with Crippen LogP contribution in [0.2, 0.25) is 0 Å². The largest absolute Gasteiger partial charge is 0.622 e. The second-order valence-corrected chi connectivity index (χ2v) is 6.04. The van der Waals surface area contributed by atoms with Crippen molar-refractivity contribution in [2.75, 3.05) is 20.1 Å². The number of nitrogens with one attached hydrogen (secondary N) is 1. The lowest BCUT2D eigenvalue weighted by molar-refractivity contribution is -0.145. The molecule has 0 aromatic rings. The van der Waals surface area contributed by atoms with Crippen LogP contribution in [-0.2, 0) is 29.2 Å². The summed E-state index contributed by atoms with van der Waals surface area (Å²) in [6.45, 7) is 1.65. The zero-order valence-electron chi connectivity index (χ0n) is 12.4. The lowest BCUT2D eigenvalue weighted by Gasteiger charge is -2.25. The molecular formula is C11H19BN2O7S. The van der Waals surface area contributed by atoms with E-state index in [0.717, 1.165) is 6.42 Å². The summed E-state index contributed by atoms with van der Waals surface area (Å²) in [5, 5.41) is 0. The number of nitrogens with zero attached hydrogens (tertiary/aromatic N) is 1. The maximum atomic E-state index is 11.6. The maximum absolute atomic E-state index is 11.6. The summed E-state index contributed by atoms with van der Waals surface area (Å²) in [7, 11) is -4.51. The average Bonchev–Trinajstić information content (AvgIpc) is 2.33. The van der Waals surface area contributed by atoms with E-state index in [1.807, 2.05) is 11.6 Å². The predicted molar refractivity (Wildman–Crippen MR) is 78.0 cm³/mol. The molecule has 1 saturated heterocycles. The third-order valence-corrected chi connectivity index (χ3v) is 3.24. The van der Waals surface area contributed by atoms with E-state index in [1.165, 1.54) is 18.0 Å². The number of carbonyl (C=O) groups is 2. The van der Waals surface area contributed by atoms with Crippen molar-refractivity contribution in [2.24, 2.45) is 0 Å². The Balaban J connectivity index is 2.93. The Morgan fingerprint density at radius 3 is 2.36 bits per heavy atom. The van der Waals surface area contributed by atoms with Gasteiger partial charge in [0.1, 0.15) is 5.94 Å². The Morgan fingerprint density at radius 1 is 1.36 bits per heavy atom. The summed E-state index contributed by atoms with van der Waals surface area (Å²) < 4.78 is 42.7. The highest BCUT2D eigenvalue weighted by atomic mass is 32.2. The highest BCUT2D eigenvalue weighted by Crippen LogP contribution is 2.07. The van der Waals surface area contributed by atoms with Gasteiger partial charge in [-0.25, -0.2) is 0 Å². The predicted octanol–water partition coefficient (Wildman–Crippen LogP) is -0.837. The van der Waals surface area contributed by atoms with Gasteiger partial charge >= 0.3 is 29.4 Å². The highest BCUT2D eigenvalue weighted by Gasteiger charge is 2.40. The molecule has 22 heavy (non-hydrogen) atoms. The van der Waals surface area contributed by atoms with Crippen molar-refractivity contribution in [1.82, 2.24) is 9.62 Å². The molecule has 0 saturated carbocycles. The molecule has 1 rings (SSSR count). The standard InChI is InChI=1S/C11H19BN2O7S/c1-3-4-5-6-9(13-22(17,18)19)12-20-10(15)7-14(2)8-11(16)21-12/h5-6,9,13H,3-4,7-8H2,1-2H3,(H,17,18,19)/b6-5+. The van der Waals surface area contributed by atoms with Crippen molar-refractivity contribution < 1.29 is 31.9 Å². The summed E-state index contributed by atoms with van der Waals surface area (Å²) in [4.78, 5) is 24.7. The zero-order chi connectivity index (χ0) is 16.8. The van der Waals surface area contributed by atoms with Crippen LogP contribution in [0.5, 0.6) is 0 Å². The Kier molecular flexibility index (Phi) is 7.00. The first-order valence-corrected chi connectivity index (χ1v) is 8.14. The Hall–Kier alpha value is -1.43. The van der Waals surface area contributed by atoms with Gasteiger partial charge < -0.3 is 9.31 Å². The summed E-state index contributed by atoms with van der Waals surface area (Å²) in [5.74, 6) is -2.56. The van der Waals surface area contributed by atoms with Crippen molar-refractivity contribution in [1.29, 1.82) is 0 Å². The van der Waals surface area contributed by atoms with Crippen LogP contribution < -0.4 is 4.72 Å². The monoisotopic (exact) mass is 334 g/mol. The van der Waals surface area contributed by atoms with Gasteiger partial charge in [-0.05, 0) is 13.5 Å². The number of carbonyl (C=O) groups excluding carboxylic acids is 2. The first-order chi connectivity index (χ1) is 10.2. The Bertz CT molecular complexity index is 517. The number of allylic oxidation sites excluding steroid dienone is 1. The number of unbranched alkanes of at least 4 members (excludes halogenated alkanes) is 1. The lowest BCUT2D eigenvalue weighted by atomic mass is 9.78. The molecule has 1 unspecified atom stereocenters. The van der Waals surface area contributed by atoms with Crippen molar-refractivity contribution in [2.45, 2.75) is 25.7 Å². The molecule has 1 heterocycles. The van der Waals surface area contributed by atoms with Crippen molar-refractivity contribution in [3.8, 4) is 0 Å². The summed E-state index contributed by atoms with van der Waals surface area (Å²) >= 11 is 0. The van der Waals surface area contributed by atoms with Crippen LogP contribution in [0.4, 0.5) is 0 Å². The van der Waals surface area contributed by atoms with Gasteiger partial charge in [-0.3, -0.25) is 19.0 Å². The van der Waals surface area contributed by atoms with E-state index in [2.05, 4.69) is 0 Å². The molecule has 11 heteroatoms. The molecule has 0 aliphatic carbocycles. The smallest absolute Gasteiger partial charge is 0.497 e. The van der Waals surface area contributed by atoms with Gasteiger partial charge in [0.2, 0.25) is 0 Å². The average molecular weight is 334 g/mol. The topological polar surface area (TPSA) is 122 Å². The van der Waals surface area contributed by atoms with Crippen LogP contribution >= 0.6 is 0 Å². The Labute approximate surface area is 129 Å². The zero-order valence-corrected chi connectivity index (χ0v) is 13.2. The maximum Gasteiger partial charge on any atom is 0.622 e. The number of hydrogen-bond donors (Lipinski definition) is 2. The number of likely N-dealkylation sites (N-methyl/N-ethyl adjacent to an activating group) is 1. The summed E-state index contributed by atoms with van der Waals surface area (Å²) in [5.41, 5.74) is 0. The van der Waals surface area contributed by atoms with Crippen LogP contribution in [0.15, 0.2) is 12.2 Å². The minimum atomic E-state index is -4.57. The summed E-state index contributed by atoms with van der Waals surface area (Å²) in [6, 6.07) is 0. The first-order valence-electron chi connectivity index (χ1n) is 6.70. The lowest BCUT2D eigenvalue weighted by Crippen LogP contribution is -2.53. The molecule has 1 aliphatic rings. The fourth-order valence-electron chi connectivity index (χ4n) is 1.77. The van der Waals surface area contributed by atoms with E-state index in [0.29, 0.717) is 6.42 Å². The molecule has 0 radical (unpaired) electrons. The van der Waals surface area contributed by atoms with E-state index in [9.17, 15) is 18.0 Å². The van der Waals surface area contributed by atoms with Gasteiger partial charge in [0.15, 0.2) is 0 Å². The molecule has 1 fully saturated rings. The molecule has 9 nitrogen and oxygen atoms in total. The molecule has 1 atom stereocenters. The van der Waals surface area contributed by atoms with Crippen LogP contribution in [0.1, 0.15) is 19.8 Å². The Morgan fingerprint density at radius 2 is 1.91 bits per heavy atom. The quantitative estimate of drug-likeness (QED) is 0.366. The van der Waals surface area contributed by atoms with Gasteiger partial charge in [0.05, 0.1) is 13.1 Å². The van der Waals surface area contributed by atoms with E-state index in [4.69, 9.17) is 13.9 Å². The SMILES string of the molecule is CCC/C=C/C(NS(=O)(=O)O)B1OC(=O)CN(C)CC(=O)O1. The van der Waals surface area contributed by atoms with Crippen molar-refractivity contribution >= 4 is 29.4 Å². The molecule has 0 bridgehead atoms. The molecule has 0 aromatic carbocycles. The normalized spacial score (nSPS) is 19.5. The van der Waals surface area contributed by atoms with Crippen molar-refractivity contribution in [3.05, 3.63) is 12.2 Å². The van der Waals surface area contributed by atoms with E-state index >= 15 is 0 Å². The highest BCUT2D eigenvalue weighted by molar-refractivity contribution is 7.83. The third-order valence-electron chi connectivity index (χ3n) is 2.67. The minimum Gasteiger partial charge on any atom is -0.497 e. The van der Waals surface area contributed by atoms with E-state index in [-0.39, 0.29) is 13.1 Å². The molecule has 124 valence electrons. The molecule has 0 aromatic heterocycles. The first kappa shape index (κ1) is 18.6. The van der Waals surface area contributed by atoms with Gasteiger partial charge in [0, 0.05) is 0 Å². The molecule has 2 N–H and O–H groups in total.